The zero-order valence-electron chi connectivity index (χ0n) is 9.26. The maximum Gasteiger partial charge on any atom is 0.0559 e. The smallest absolute Gasteiger partial charge is 0.0559 e. The van der Waals surface area contributed by atoms with Gasteiger partial charge in [0.1, 0.15) is 0 Å². The van der Waals surface area contributed by atoms with Gasteiger partial charge in [-0.15, -0.1) is 0 Å². The van der Waals surface area contributed by atoms with E-state index in [4.69, 9.17) is 5.73 Å². The molecule has 13 heavy (non-hydrogen) atoms. The first-order chi connectivity index (χ1) is 5.77. The van der Waals surface area contributed by atoms with Gasteiger partial charge in [0, 0.05) is 17.4 Å². The van der Waals surface area contributed by atoms with E-state index in [0.717, 1.165) is 0 Å². The molecular formula is C11H20N2. The molecule has 2 N–H and O–H groups in total. The fourth-order valence-electron chi connectivity index (χ4n) is 1.40. The zero-order valence-corrected chi connectivity index (χ0v) is 9.26. The van der Waals surface area contributed by atoms with Crippen LogP contribution < -0.4 is 5.73 Å². The Morgan fingerprint density at radius 2 is 1.77 bits per heavy atom. The fourth-order valence-corrected chi connectivity index (χ4v) is 1.40. The van der Waals surface area contributed by atoms with Crippen LogP contribution >= 0.6 is 0 Å². The predicted octanol–water partition coefficient (Wildman–Crippen LogP) is 2.27. The summed E-state index contributed by atoms with van der Waals surface area (Å²) in [7, 11) is 0. The van der Waals surface area contributed by atoms with E-state index >= 15 is 0 Å². The van der Waals surface area contributed by atoms with Crippen LogP contribution in [0.1, 0.15) is 33.4 Å². The summed E-state index contributed by atoms with van der Waals surface area (Å²) in [6.45, 7) is 10.6. The zero-order chi connectivity index (χ0) is 10.3. The van der Waals surface area contributed by atoms with Gasteiger partial charge < -0.3 is 10.3 Å². The van der Waals surface area contributed by atoms with Crippen LogP contribution in [0.3, 0.4) is 0 Å². The number of hydrogen-bond donors (Lipinski definition) is 1. The quantitative estimate of drug-likeness (QED) is 0.743. The first-order valence-corrected chi connectivity index (χ1v) is 4.70. The highest BCUT2D eigenvalue weighted by atomic mass is 15.1. The van der Waals surface area contributed by atoms with Gasteiger partial charge in [0.15, 0.2) is 0 Å². The van der Waals surface area contributed by atoms with Crippen LogP contribution in [0, 0.1) is 6.92 Å². The van der Waals surface area contributed by atoms with Gasteiger partial charge in [0.25, 0.3) is 0 Å². The largest absolute Gasteiger partial charge is 0.344 e. The van der Waals surface area contributed by atoms with Crippen molar-refractivity contribution in [2.45, 2.75) is 45.7 Å². The fraction of sp³-hybridized carbons (Fsp3) is 0.636. The molecule has 0 saturated carbocycles. The van der Waals surface area contributed by atoms with Crippen LogP contribution in [-0.2, 0) is 5.54 Å². The van der Waals surface area contributed by atoms with Crippen molar-refractivity contribution in [3.63, 3.8) is 0 Å². The van der Waals surface area contributed by atoms with Crippen molar-refractivity contribution in [1.82, 2.24) is 4.57 Å². The molecule has 1 aromatic rings. The van der Waals surface area contributed by atoms with Crippen LogP contribution in [-0.4, -0.2) is 10.1 Å². The van der Waals surface area contributed by atoms with Crippen molar-refractivity contribution >= 4 is 0 Å². The van der Waals surface area contributed by atoms with Gasteiger partial charge in [-0.05, 0) is 46.8 Å². The van der Waals surface area contributed by atoms with E-state index in [-0.39, 0.29) is 11.1 Å². The van der Waals surface area contributed by atoms with Crippen LogP contribution in [0.25, 0.3) is 0 Å². The van der Waals surface area contributed by atoms with E-state index in [1.165, 1.54) is 5.69 Å². The summed E-state index contributed by atoms with van der Waals surface area (Å²) >= 11 is 0. The minimum absolute atomic E-state index is 0.0550. The molecule has 0 saturated heterocycles. The van der Waals surface area contributed by atoms with Crippen molar-refractivity contribution in [1.29, 1.82) is 0 Å². The number of hydrogen-bond acceptors (Lipinski definition) is 1. The van der Waals surface area contributed by atoms with Gasteiger partial charge in [-0.25, -0.2) is 0 Å². The molecule has 0 unspecified atom stereocenters. The number of nitrogens with two attached hydrogens (primary N) is 1. The summed E-state index contributed by atoms with van der Waals surface area (Å²) in [6, 6.07) is 4.16. The van der Waals surface area contributed by atoms with E-state index in [1.807, 2.05) is 0 Å². The molecule has 1 aromatic heterocycles. The predicted molar refractivity (Wildman–Crippen MR) is 56.8 cm³/mol. The highest BCUT2D eigenvalue weighted by Gasteiger charge is 2.35. The molecule has 0 aliphatic carbocycles. The Morgan fingerprint density at radius 3 is 2.08 bits per heavy atom. The van der Waals surface area contributed by atoms with Crippen molar-refractivity contribution in [2.75, 3.05) is 0 Å². The highest BCUT2D eigenvalue weighted by Crippen LogP contribution is 2.28. The third-order valence-corrected chi connectivity index (χ3v) is 3.13. The molecule has 2 heteroatoms. The molecule has 74 valence electrons. The van der Waals surface area contributed by atoms with Crippen LogP contribution in [0.15, 0.2) is 18.3 Å². The first kappa shape index (κ1) is 10.3. The summed E-state index contributed by atoms with van der Waals surface area (Å²) in [5, 5.41) is 0. The lowest BCUT2D eigenvalue weighted by Crippen LogP contribution is -2.54. The maximum absolute atomic E-state index is 6.15. The highest BCUT2D eigenvalue weighted by molar-refractivity contribution is 5.11. The molecule has 1 heterocycles. The van der Waals surface area contributed by atoms with E-state index in [9.17, 15) is 0 Å². The van der Waals surface area contributed by atoms with Crippen LogP contribution in [0.5, 0.6) is 0 Å². The van der Waals surface area contributed by atoms with E-state index < -0.39 is 0 Å². The molecule has 0 atom stereocenters. The van der Waals surface area contributed by atoms with Gasteiger partial charge in [0.2, 0.25) is 0 Å². The van der Waals surface area contributed by atoms with Gasteiger partial charge in [-0.3, -0.25) is 0 Å². The minimum Gasteiger partial charge on any atom is -0.344 e. The lowest BCUT2D eigenvalue weighted by molar-refractivity contribution is 0.203. The molecule has 0 aliphatic heterocycles. The van der Waals surface area contributed by atoms with Gasteiger partial charge in [-0.2, -0.15) is 0 Å². The molecule has 2 nitrogen and oxygen atoms in total. The molecule has 1 rings (SSSR count). The Labute approximate surface area is 80.7 Å². The summed E-state index contributed by atoms with van der Waals surface area (Å²) in [5.41, 5.74) is 7.13. The molecule has 0 spiro atoms. The summed E-state index contributed by atoms with van der Waals surface area (Å²) in [6.07, 6.45) is 2.09. The average molecular weight is 180 g/mol. The van der Waals surface area contributed by atoms with E-state index in [1.54, 1.807) is 0 Å². The molecular weight excluding hydrogens is 160 g/mol. The van der Waals surface area contributed by atoms with Crippen molar-refractivity contribution in [3.05, 3.63) is 24.0 Å². The Kier molecular flexibility index (Phi) is 2.28. The Balaban J connectivity index is 3.15. The molecule has 0 aliphatic rings. The van der Waals surface area contributed by atoms with E-state index in [2.05, 4.69) is 57.5 Å². The molecule has 0 amide bonds. The first-order valence-electron chi connectivity index (χ1n) is 4.70. The Bertz CT molecular complexity index is 289. The van der Waals surface area contributed by atoms with Gasteiger partial charge in [-0.1, -0.05) is 0 Å². The molecule has 0 fully saturated rings. The number of rotatable bonds is 2. The Hall–Kier alpha value is -0.760. The minimum atomic E-state index is -0.225. The molecule has 0 aromatic carbocycles. The second kappa shape index (κ2) is 2.88. The molecule has 0 bridgehead atoms. The van der Waals surface area contributed by atoms with Gasteiger partial charge in [0.05, 0.1) is 5.54 Å². The monoisotopic (exact) mass is 180 g/mol. The van der Waals surface area contributed by atoms with Crippen LogP contribution in [0.2, 0.25) is 0 Å². The number of aromatic nitrogens is 1. The summed E-state index contributed by atoms with van der Waals surface area (Å²) in [4.78, 5) is 0. The standard InChI is InChI=1S/C11H20N2/c1-9-7-6-8-13(9)11(4,5)10(2,3)12/h6-8H,12H2,1-5H3. The Morgan fingerprint density at radius 1 is 1.23 bits per heavy atom. The number of nitrogens with zero attached hydrogens (tertiary/aromatic N) is 1. The van der Waals surface area contributed by atoms with Crippen LogP contribution in [0.4, 0.5) is 0 Å². The lowest BCUT2D eigenvalue weighted by atomic mass is 9.83. The molecule has 0 radical (unpaired) electrons. The second-order valence-electron chi connectivity index (χ2n) is 4.80. The van der Waals surface area contributed by atoms with E-state index in [0.29, 0.717) is 0 Å². The van der Waals surface area contributed by atoms with Crippen molar-refractivity contribution in [2.24, 2.45) is 5.73 Å². The SMILES string of the molecule is Cc1cccn1C(C)(C)C(C)(C)N. The lowest BCUT2D eigenvalue weighted by Gasteiger charge is -2.41. The number of aryl methyl sites for hydroxylation is 1. The topological polar surface area (TPSA) is 30.9 Å². The summed E-state index contributed by atoms with van der Waals surface area (Å²) < 4.78 is 2.23. The average Bonchev–Trinajstić information content (AvgIpc) is 2.32. The van der Waals surface area contributed by atoms with Crippen molar-refractivity contribution < 1.29 is 0 Å². The normalized spacial score (nSPS) is 13.4. The third-order valence-electron chi connectivity index (χ3n) is 3.13. The third kappa shape index (κ3) is 1.63. The maximum atomic E-state index is 6.15. The van der Waals surface area contributed by atoms with Gasteiger partial charge >= 0.3 is 0 Å². The van der Waals surface area contributed by atoms with Crippen molar-refractivity contribution in [3.8, 4) is 0 Å². The second-order valence-corrected chi connectivity index (χ2v) is 4.80. The summed E-state index contributed by atoms with van der Waals surface area (Å²) in [5.74, 6) is 0.